The number of aliphatic hydroxyl groups is 1. The van der Waals surface area contributed by atoms with Gasteiger partial charge in [0.1, 0.15) is 25.0 Å². The van der Waals surface area contributed by atoms with Gasteiger partial charge in [-0.1, -0.05) is 12.8 Å². The second-order valence-corrected chi connectivity index (χ2v) is 9.65. The Balaban J connectivity index is 1.28. The fraction of sp³-hybridized carbons (Fsp3) is 0.609. The molecule has 5 heterocycles. The molecule has 0 spiro atoms. The summed E-state index contributed by atoms with van der Waals surface area (Å²) in [5.41, 5.74) is -1.77. The average Bonchev–Trinajstić information content (AvgIpc) is 3.54. The molecule has 1 amide bonds. The SMILES string of the molecule is O=C(C[N+]12CCC(CC1)C(OC(=O)[C@](O)(c1ccco1)C1CCCC1)C2)Nc1ncncn1. The lowest BCUT2D eigenvalue weighted by Gasteiger charge is -2.51. The van der Waals surface area contributed by atoms with Crippen LogP contribution in [0.15, 0.2) is 35.5 Å². The second kappa shape index (κ2) is 8.83. The number of ether oxygens (including phenoxy) is 1. The molecule has 3 aliphatic heterocycles. The van der Waals surface area contributed by atoms with E-state index in [1.165, 1.54) is 18.9 Å². The molecule has 1 unspecified atom stereocenters. The first-order chi connectivity index (χ1) is 16.0. The molecule has 2 bridgehead atoms. The van der Waals surface area contributed by atoms with Gasteiger partial charge in [-0.2, -0.15) is 0 Å². The van der Waals surface area contributed by atoms with Crippen molar-refractivity contribution in [3.05, 3.63) is 36.8 Å². The van der Waals surface area contributed by atoms with Crippen LogP contribution >= 0.6 is 0 Å². The van der Waals surface area contributed by atoms with Crippen molar-refractivity contribution in [3.63, 3.8) is 0 Å². The van der Waals surface area contributed by atoms with Crippen molar-refractivity contribution in [2.45, 2.75) is 50.2 Å². The van der Waals surface area contributed by atoms with Gasteiger partial charge < -0.3 is 18.7 Å². The maximum Gasteiger partial charge on any atom is 0.346 e. The molecular formula is C23H30N5O5+. The summed E-state index contributed by atoms with van der Waals surface area (Å²) in [5, 5.41) is 14.3. The van der Waals surface area contributed by atoms with Crippen molar-refractivity contribution >= 4 is 17.8 Å². The van der Waals surface area contributed by atoms with E-state index in [-0.39, 0.29) is 42.1 Å². The quantitative estimate of drug-likeness (QED) is 0.475. The van der Waals surface area contributed by atoms with Crippen molar-refractivity contribution < 1.29 is 28.3 Å². The van der Waals surface area contributed by atoms with Crippen molar-refractivity contribution in [2.75, 3.05) is 31.5 Å². The van der Waals surface area contributed by atoms with E-state index in [9.17, 15) is 14.7 Å². The summed E-state index contributed by atoms with van der Waals surface area (Å²) in [4.78, 5) is 37.8. The number of carbonyl (C=O) groups is 2. The number of carbonyl (C=O) groups excluding carboxylic acids is 2. The van der Waals surface area contributed by atoms with E-state index in [2.05, 4.69) is 20.3 Å². The first kappa shape index (κ1) is 22.0. The van der Waals surface area contributed by atoms with Crippen molar-refractivity contribution in [3.8, 4) is 0 Å². The Morgan fingerprint density at radius 1 is 1.18 bits per heavy atom. The van der Waals surface area contributed by atoms with Crippen LogP contribution in [0.25, 0.3) is 0 Å². The van der Waals surface area contributed by atoms with Gasteiger partial charge in [-0.05, 0) is 25.0 Å². The van der Waals surface area contributed by atoms with E-state index in [0.717, 1.165) is 51.6 Å². The van der Waals surface area contributed by atoms with Crippen LogP contribution in [0, 0.1) is 11.8 Å². The molecule has 4 aliphatic rings. The number of amides is 1. The van der Waals surface area contributed by atoms with Gasteiger partial charge in [-0.25, -0.2) is 19.7 Å². The highest BCUT2D eigenvalue weighted by Crippen LogP contribution is 2.43. The molecule has 3 saturated heterocycles. The van der Waals surface area contributed by atoms with Crippen LogP contribution in [0.4, 0.5) is 5.95 Å². The average molecular weight is 457 g/mol. The molecule has 2 aromatic heterocycles. The molecule has 0 aromatic carbocycles. The Morgan fingerprint density at radius 2 is 1.91 bits per heavy atom. The van der Waals surface area contributed by atoms with Gasteiger partial charge in [0.05, 0.1) is 19.4 Å². The Hall–Kier alpha value is -2.85. The Kier molecular flexibility index (Phi) is 5.88. The number of nitrogens with one attached hydrogen (secondary N) is 1. The molecule has 33 heavy (non-hydrogen) atoms. The number of esters is 1. The summed E-state index contributed by atoms with van der Waals surface area (Å²) in [5.74, 6) is -0.304. The Labute approximate surface area is 192 Å². The van der Waals surface area contributed by atoms with Crippen LogP contribution in [0.1, 0.15) is 44.3 Å². The minimum Gasteiger partial charge on any atom is -0.466 e. The first-order valence-corrected chi connectivity index (χ1v) is 11.7. The lowest BCUT2D eigenvalue weighted by molar-refractivity contribution is -0.939. The fourth-order valence-electron chi connectivity index (χ4n) is 5.88. The fourth-order valence-corrected chi connectivity index (χ4v) is 5.88. The van der Waals surface area contributed by atoms with Crippen LogP contribution < -0.4 is 5.32 Å². The highest BCUT2D eigenvalue weighted by molar-refractivity contribution is 5.89. The maximum absolute atomic E-state index is 13.4. The van der Waals surface area contributed by atoms with Gasteiger partial charge in [0.25, 0.3) is 5.91 Å². The van der Waals surface area contributed by atoms with Crippen molar-refractivity contribution in [2.24, 2.45) is 11.8 Å². The molecule has 1 saturated carbocycles. The number of piperidine rings is 3. The number of quaternary nitrogens is 1. The molecular weight excluding hydrogens is 426 g/mol. The molecule has 0 radical (unpaired) electrons. The molecule has 2 aromatic rings. The number of hydrogen-bond acceptors (Lipinski definition) is 8. The zero-order valence-corrected chi connectivity index (χ0v) is 18.6. The number of fused-ring (bicyclic) bond motifs is 3. The number of aromatic nitrogens is 3. The summed E-state index contributed by atoms with van der Waals surface area (Å²) in [7, 11) is 0. The molecule has 2 atom stereocenters. The maximum atomic E-state index is 13.4. The summed E-state index contributed by atoms with van der Waals surface area (Å²) in [6, 6.07) is 3.33. The van der Waals surface area contributed by atoms with Crippen molar-refractivity contribution in [1.82, 2.24) is 15.0 Å². The van der Waals surface area contributed by atoms with Crippen LogP contribution in [0.2, 0.25) is 0 Å². The minimum atomic E-state index is -1.77. The van der Waals surface area contributed by atoms with Gasteiger partial charge in [0.2, 0.25) is 11.5 Å². The molecule has 6 rings (SSSR count). The van der Waals surface area contributed by atoms with Gasteiger partial charge in [0, 0.05) is 24.7 Å². The zero-order chi connectivity index (χ0) is 22.9. The molecule has 10 nitrogen and oxygen atoms in total. The van der Waals surface area contributed by atoms with Crippen LogP contribution in [0.3, 0.4) is 0 Å². The van der Waals surface area contributed by atoms with E-state index in [1.54, 1.807) is 12.1 Å². The van der Waals surface area contributed by atoms with E-state index < -0.39 is 11.6 Å². The third-order valence-electron chi connectivity index (χ3n) is 7.68. The summed E-state index contributed by atoms with van der Waals surface area (Å²) in [6.45, 7) is 2.53. The number of anilines is 1. The highest BCUT2D eigenvalue weighted by atomic mass is 16.6. The Bertz CT molecular complexity index is 970. The number of hydrogen-bond donors (Lipinski definition) is 2. The summed E-state index contributed by atoms with van der Waals surface area (Å²) < 4.78 is 12.1. The molecule has 176 valence electrons. The predicted molar refractivity (Wildman–Crippen MR) is 115 cm³/mol. The van der Waals surface area contributed by atoms with E-state index >= 15 is 0 Å². The number of nitrogens with zero attached hydrogens (tertiary/aromatic N) is 4. The third kappa shape index (κ3) is 4.24. The lowest BCUT2D eigenvalue weighted by Crippen LogP contribution is -2.66. The third-order valence-corrected chi connectivity index (χ3v) is 7.68. The molecule has 1 aliphatic carbocycles. The largest absolute Gasteiger partial charge is 0.466 e. The molecule has 4 fully saturated rings. The highest BCUT2D eigenvalue weighted by Gasteiger charge is 2.54. The van der Waals surface area contributed by atoms with Crippen LogP contribution in [-0.4, -0.2) is 68.7 Å². The minimum absolute atomic E-state index is 0.176. The van der Waals surface area contributed by atoms with E-state index in [4.69, 9.17) is 9.15 Å². The monoisotopic (exact) mass is 456 g/mol. The molecule has 10 heteroatoms. The summed E-state index contributed by atoms with van der Waals surface area (Å²) >= 11 is 0. The first-order valence-electron chi connectivity index (χ1n) is 11.7. The topological polar surface area (TPSA) is 127 Å². The lowest BCUT2D eigenvalue weighted by atomic mass is 9.81. The van der Waals surface area contributed by atoms with Gasteiger partial charge in [0.15, 0.2) is 12.6 Å². The standard InChI is InChI=1S/C23H29N5O5/c29-20(27-22-25-14-24-15-26-22)13-28-9-7-16(8-10-28)18(12-28)33-21(30)23(31,17-4-1-2-5-17)19-6-3-11-32-19/h3,6,11,14-18,31H,1-2,4-5,7-10,12-13H2/p+1/t16?,18?,23-,28?/m1/s1. The van der Waals surface area contributed by atoms with E-state index in [1.807, 2.05) is 0 Å². The van der Waals surface area contributed by atoms with Crippen molar-refractivity contribution in [1.29, 1.82) is 0 Å². The van der Waals surface area contributed by atoms with Gasteiger partial charge >= 0.3 is 5.97 Å². The smallest absolute Gasteiger partial charge is 0.346 e. The number of furan rings is 1. The van der Waals surface area contributed by atoms with Gasteiger partial charge in [-0.15, -0.1) is 0 Å². The normalized spacial score (nSPS) is 28.9. The summed E-state index contributed by atoms with van der Waals surface area (Å²) in [6.07, 6.45) is 9.03. The molecule has 2 N–H and O–H groups in total. The predicted octanol–water partition coefficient (Wildman–Crippen LogP) is 1.63. The van der Waals surface area contributed by atoms with Crippen LogP contribution in [-0.2, 0) is 19.9 Å². The number of rotatable bonds is 7. The van der Waals surface area contributed by atoms with Gasteiger partial charge in [-0.3, -0.25) is 10.1 Å². The van der Waals surface area contributed by atoms with E-state index in [0.29, 0.717) is 11.0 Å². The van der Waals surface area contributed by atoms with Crippen LogP contribution in [0.5, 0.6) is 0 Å². The zero-order valence-electron chi connectivity index (χ0n) is 18.6. The second-order valence-electron chi connectivity index (χ2n) is 9.65. The Morgan fingerprint density at radius 3 is 2.58 bits per heavy atom.